The van der Waals surface area contributed by atoms with E-state index in [0.29, 0.717) is 42.1 Å². The average Bonchev–Trinajstić information content (AvgIpc) is 3.52. The second-order valence-corrected chi connectivity index (χ2v) is 13.8. The molecule has 2 saturated carbocycles. The van der Waals surface area contributed by atoms with Gasteiger partial charge in [-0.25, -0.2) is 18.1 Å². The zero-order chi connectivity index (χ0) is 24.7. The SMILES string of the molecule is Br.O=S1(=O)NC(CNC(=NCc2ccc(Br)cc2)NCC2(c3c(Cl)cccc3Cl)CCC2)CC12CC2. The Balaban J connectivity index is 0.00000304. The van der Waals surface area contributed by atoms with E-state index in [-0.39, 0.29) is 28.4 Å². The summed E-state index contributed by atoms with van der Waals surface area (Å²) < 4.78 is 28.2. The molecule has 5 rings (SSSR count). The summed E-state index contributed by atoms with van der Waals surface area (Å²) in [6.07, 6.45) is 5.25. The van der Waals surface area contributed by atoms with Crippen LogP contribution in [-0.4, -0.2) is 38.3 Å². The lowest BCUT2D eigenvalue weighted by Crippen LogP contribution is -2.50. The Morgan fingerprint density at radius 1 is 1.06 bits per heavy atom. The lowest BCUT2D eigenvalue weighted by molar-refractivity contribution is 0.244. The molecular formula is C25H30Br2Cl2N4O2S. The molecule has 3 aliphatic rings. The smallest absolute Gasteiger partial charge is 0.217 e. The van der Waals surface area contributed by atoms with Crippen molar-refractivity contribution in [2.45, 2.75) is 61.3 Å². The lowest BCUT2D eigenvalue weighted by atomic mass is 9.64. The highest BCUT2D eigenvalue weighted by Crippen LogP contribution is 2.50. The minimum Gasteiger partial charge on any atom is -0.356 e. The van der Waals surface area contributed by atoms with Crippen molar-refractivity contribution in [3.8, 4) is 0 Å². The minimum absolute atomic E-state index is 0. The molecule has 2 aromatic carbocycles. The van der Waals surface area contributed by atoms with Crippen LogP contribution in [0.5, 0.6) is 0 Å². The van der Waals surface area contributed by atoms with Crippen LogP contribution in [-0.2, 0) is 22.0 Å². The van der Waals surface area contributed by atoms with Gasteiger partial charge in [-0.2, -0.15) is 0 Å². The maximum atomic E-state index is 12.4. The molecule has 3 fully saturated rings. The molecule has 11 heteroatoms. The Bertz CT molecular complexity index is 1210. The van der Waals surface area contributed by atoms with Crippen molar-refractivity contribution >= 4 is 72.1 Å². The zero-order valence-electron chi connectivity index (χ0n) is 19.7. The van der Waals surface area contributed by atoms with Crippen molar-refractivity contribution in [1.29, 1.82) is 0 Å². The van der Waals surface area contributed by atoms with Crippen LogP contribution in [0.3, 0.4) is 0 Å². The zero-order valence-corrected chi connectivity index (χ0v) is 25.3. The topological polar surface area (TPSA) is 82.6 Å². The number of nitrogens with zero attached hydrogens (tertiary/aromatic N) is 1. The molecule has 196 valence electrons. The van der Waals surface area contributed by atoms with Crippen LogP contribution in [0.2, 0.25) is 10.0 Å². The van der Waals surface area contributed by atoms with E-state index in [1.807, 2.05) is 42.5 Å². The van der Waals surface area contributed by atoms with Gasteiger partial charge in [0, 0.05) is 39.1 Å². The quantitative estimate of drug-likeness (QED) is 0.258. The summed E-state index contributed by atoms with van der Waals surface area (Å²) in [7, 11) is -3.23. The van der Waals surface area contributed by atoms with Crippen LogP contribution in [0, 0.1) is 0 Å². The number of nitrogens with one attached hydrogen (secondary N) is 3. The lowest BCUT2D eigenvalue weighted by Gasteiger charge is -2.43. The maximum Gasteiger partial charge on any atom is 0.217 e. The van der Waals surface area contributed by atoms with Crippen LogP contribution in [0.15, 0.2) is 51.9 Å². The van der Waals surface area contributed by atoms with E-state index in [9.17, 15) is 8.42 Å². The van der Waals surface area contributed by atoms with Crippen molar-refractivity contribution in [3.05, 3.63) is 68.1 Å². The summed E-state index contributed by atoms with van der Waals surface area (Å²) in [5.41, 5.74) is 1.93. The number of guanidine groups is 1. The number of halogens is 4. The van der Waals surface area contributed by atoms with Gasteiger partial charge in [0.25, 0.3) is 0 Å². The van der Waals surface area contributed by atoms with Crippen molar-refractivity contribution in [2.24, 2.45) is 4.99 Å². The van der Waals surface area contributed by atoms with Gasteiger partial charge in [-0.1, -0.05) is 63.8 Å². The van der Waals surface area contributed by atoms with E-state index in [2.05, 4.69) is 31.3 Å². The second-order valence-electron chi connectivity index (χ2n) is 9.96. The third kappa shape index (κ3) is 5.76. The molecule has 0 bridgehead atoms. The van der Waals surface area contributed by atoms with Gasteiger partial charge in [0.05, 0.1) is 11.3 Å². The molecule has 6 nitrogen and oxygen atoms in total. The predicted octanol–water partition coefficient (Wildman–Crippen LogP) is 5.72. The molecule has 1 spiro atoms. The number of hydrogen-bond donors (Lipinski definition) is 3. The Labute approximate surface area is 242 Å². The number of hydrogen-bond acceptors (Lipinski definition) is 3. The predicted molar refractivity (Wildman–Crippen MR) is 156 cm³/mol. The first-order chi connectivity index (χ1) is 16.7. The molecular weight excluding hydrogens is 651 g/mol. The largest absolute Gasteiger partial charge is 0.356 e. The van der Waals surface area contributed by atoms with Gasteiger partial charge in [-0.05, 0) is 67.5 Å². The van der Waals surface area contributed by atoms with Crippen LogP contribution >= 0.6 is 56.1 Å². The third-order valence-corrected chi connectivity index (χ3v) is 11.1. The Morgan fingerprint density at radius 2 is 1.72 bits per heavy atom. The molecule has 2 aromatic rings. The molecule has 1 aliphatic heterocycles. The van der Waals surface area contributed by atoms with Gasteiger partial charge in [-0.3, -0.25) is 0 Å². The van der Waals surface area contributed by atoms with Crippen molar-refractivity contribution in [2.75, 3.05) is 13.1 Å². The standard InChI is InChI=1S/C25H29BrCl2N4O2S.BrH/c26-18-7-5-17(6-8-18)14-29-23(30-15-19-13-25(11-12-25)35(33,34)32-19)31-16-24(9-2-10-24)22-20(27)3-1-4-21(22)28;/h1,3-8,19,32H,2,9-16H2,(H2,29,30,31);1H. The molecule has 1 saturated heterocycles. The third-order valence-electron chi connectivity index (χ3n) is 7.56. The van der Waals surface area contributed by atoms with Gasteiger partial charge in [0.15, 0.2) is 5.96 Å². The van der Waals surface area contributed by atoms with Crippen molar-refractivity contribution < 1.29 is 8.42 Å². The fraction of sp³-hybridized carbons (Fsp3) is 0.480. The summed E-state index contributed by atoms with van der Waals surface area (Å²) in [4.78, 5) is 4.81. The van der Waals surface area contributed by atoms with E-state index < -0.39 is 14.8 Å². The fourth-order valence-electron chi connectivity index (χ4n) is 5.20. The molecule has 1 atom stereocenters. The van der Waals surface area contributed by atoms with E-state index in [0.717, 1.165) is 47.7 Å². The van der Waals surface area contributed by atoms with E-state index in [1.54, 1.807) is 0 Å². The van der Waals surface area contributed by atoms with Crippen LogP contribution < -0.4 is 15.4 Å². The monoisotopic (exact) mass is 678 g/mol. The molecule has 3 N–H and O–H groups in total. The van der Waals surface area contributed by atoms with Crippen LogP contribution in [0.1, 0.15) is 49.7 Å². The molecule has 1 unspecified atom stereocenters. The first kappa shape index (κ1) is 28.2. The summed E-state index contributed by atoms with van der Waals surface area (Å²) >= 11 is 16.6. The van der Waals surface area contributed by atoms with Gasteiger partial charge in [0.2, 0.25) is 10.0 Å². The van der Waals surface area contributed by atoms with Gasteiger partial charge < -0.3 is 10.6 Å². The fourth-order valence-corrected chi connectivity index (χ4v) is 8.18. The highest BCUT2D eigenvalue weighted by molar-refractivity contribution is 9.10. The highest BCUT2D eigenvalue weighted by atomic mass is 79.9. The first-order valence-electron chi connectivity index (χ1n) is 12.0. The van der Waals surface area contributed by atoms with E-state index >= 15 is 0 Å². The number of sulfonamides is 1. The second kappa shape index (κ2) is 11.1. The average molecular weight is 681 g/mol. The molecule has 0 amide bonds. The summed E-state index contributed by atoms with van der Waals surface area (Å²) in [6, 6.07) is 13.6. The summed E-state index contributed by atoms with van der Waals surface area (Å²) in [5, 5.41) is 8.28. The molecule has 0 aromatic heterocycles. The van der Waals surface area contributed by atoms with Crippen molar-refractivity contribution in [1.82, 2.24) is 15.4 Å². The molecule has 1 heterocycles. The van der Waals surface area contributed by atoms with Gasteiger partial charge >= 0.3 is 0 Å². The number of aliphatic imine (C=N–C) groups is 1. The summed E-state index contributed by atoms with van der Waals surface area (Å²) in [6.45, 7) is 1.62. The minimum atomic E-state index is -3.23. The molecule has 2 aliphatic carbocycles. The molecule has 36 heavy (non-hydrogen) atoms. The first-order valence-corrected chi connectivity index (χ1v) is 15.0. The van der Waals surface area contributed by atoms with Gasteiger partial charge in [-0.15, -0.1) is 17.0 Å². The van der Waals surface area contributed by atoms with Gasteiger partial charge in [0.1, 0.15) is 0 Å². The van der Waals surface area contributed by atoms with Crippen LogP contribution in [0.4, 0.5) is 0 Å². The summed E-state index contributed by atoms with van der Waals surface area (Å²) in [5.74, 6) is 0.651. The maximum absolute atomic E-state index is 12.4. The number of rotatable bonds is 7. The number of benzene rings is 2. The highest BCUT2D eigenvalue weighted by Gasteiger charge is 2.60. The van der Waals surface area contributed by atoms with E-state index in [1.165, 1.54) is 0 Å². The van der Waals surface area contributed by atoms with Crippen molar-refractivity contribution in [3.63, 3.8) is 0 Å². The van der Waals surface area contributed by atoms with E-state index in [4.69, 9.17) is 28.2 Å². The van der Waals surface area contributed by atoms with Crippen LogP contribution in [0.25, 0.3) is 0 Å². The molecule has 0 radical (unpaired) electrons. The Morgan fingerprint density at radius 3 is 2.28 bits per heavy atom. The normalized spacial score (nSPS) is 23.0. The Hall–Kier alpha value is -0.840. The Kier molecular flexibility index (Phi) is 8.69.